The molecular weight excluding hydrogens is 308 g/mol. The van der Waals surface area contributed by atoms with Gasteiger partial charge in [-0.1, -0.05) is 40.2 Å². The fraction of sp³-hybridized carbons (Fsp3) is 0.200. The Morgan fingerprint density at radius 1 is 1.00 bits per heavy atom. The average molecular weight is 323 g/mol. The maximum atomic E-state index is 5.74. The average Bonchev–Trinajstić information content (AvgIpc) is 2.43. The summed E-state index contributed by atoms with van der Waals surface area (Å²) in [6.45, 7) is 0.786. The first-order chi connectivity index (χ1) is 9.29. The van der Waals surface area contributed by atoms with Gasteiger partial charge in [-0.15, -0.1) is 0 Å². The van der Waals surface area contributed by atoms with E-state index in [0.717, 1.165) is 21.5 Å². The van der Waals surface area contributed by atoms with E-state index in [1.54, 1.807) is 7.11 Å². The Hall–Kier alpha value is -1.36. The largest absolute Gasteiger partial charge is 0.457 e. The van der Waals surface area contributed by atoms with Crippen molar-refractivity contribution >= 4 is 15.9 Å². The van der Waals surface area contributed by atoms with Crippen molar-refractivity contribution in [1.29, 1.82) is 0 Å². The van der Waals surface area contributed by atoms with Gasteiger partial charge in [0.05, 0.1) is 6.61 Å². The molecule has 0 amide bonds. The van der Waals surface area contributed by atoms with Crippen molar-refractivity contribution in [1.82, 2.24) is 0 Å². The summed E-state index contributed by atoms with van der Waals surface area (Å²) in [5.41, 5.74) is 1.05. The minimum atomic E-state index is 0.286. The Morgan fingerprint density at radius 3 is 2.47 bits per heavy atom. The lowest BCUT2D eigenvalue weighted by molar-refractivity contribution is -0.0392. The van der Waals surface area contributed by atoms with E-state index in [2.05, 4.69) is 15.9 Å². The number of benzene rings is 2. The van der Waals surface area contributed by atoms with Gasteiger partial charge in [0, 0.05) is 11.6 Å². The quantitative estimate of drug-likeness (QED) is 0.584. The third kappa shape index (κ3) is 4.35. The number of hydrogen-bond donors (Lipinski definition) is 0. The van der Waals surface area contributed by atoms with Crippen LogP contribution in [-0.2, 0) is 16.1 Å². The number of para-hydroxylation sites is 1. The molecule has 2 aromatic rings. The molecule has 0 N–H and O–H groups in total. The lowest BCUT2D eigenvalue weighted by atomic mass is 10.2. The van der Waals surface area contributed by atoms with E-state index in [-0.39, 0.29) is 6.79 Å². The lowest BCUT2D eigenvalue weighted by Crippen LogP contribution is -1.97. The Labute approximate surface area is 121 Å². The van der Waals surface area contributed by atoms with Gasteiger partial charge in [0.15, 0.2) is 0 Å². The summed E-state index contributed by atoms with van der Waals surface area (Å²) in [5.74, 6) is 1.60. The molecule has 0 heterocycles. The molecule has 0 unspecified atom stereocenters. The van der Waals surface area contributed by atoms with Crippen molar-refractivity contribution in [3.05, 3.63) is 58.6 Å². The first-order valence-corrected chi connectivity index (χ1v) is 6.67. The van der Waals surface area contributed by atoms with Crippen LogP contribution in [0.1, 0.15) is 5.56 Å². The second kappa shape index (κ2) is 7.28. The van der Waals surface area contributed by atoms with E-state index in [4.69, 9.17) is 14.2 Å². The number of rotatable bonds is 6. The fourth-order valence-corrected chi connectivity index (χ4v) is 2.04. The number of halogens is 1. The van der Waals surface area contributed by atoms with Crippen LogP contribution in [0.25, 0.3) is 0 Å². The van der Waals surface area contributed by atoms with Crippen molar-refractivity contribution in [2.45, 2.75) is 6.61 Å². The van der Waals surface area contributed by atoms with Gasteiger partial charge < -0.3 is 14.2 Å². The van der Waals surface area contributed by atoms with E-state index in [0.29, 0.717) is 6.61 Å². The van der Waals surface area contributed by atoms with Crippen LogP contribution in [0.5, 0.6) is 11.5 Å². The Balaban J connectivity index is 2.02. The number of ether oxygens (including phenoxy) is 3. The van der Waals surface area contributed by atoms with Gasteiger partial charge >= 0.3 is 0 Å². The summed E-state index contributed by atoms with van der Waals surface area (Å²) in [4.78, 5) is 0. The summed E-state index contributed by atoms with van der Waals surface area (Å²) in [6.07, 6.45) is 0. The highest BCUT2D eigenvalue weighted by atomic mass is 79.9. The van der Waals surface area contributed by atoms with Gasteiger partial charge in [-0.05, 0) is 29.8 Å². The summed E-state index contributed by atoms with van der Waals surface area (Å²) in [6, 6.07) is 15.5. The van der Waals surface area contributed by atoms with Crippen LogP contribution in [0.3, 0.4) is 0 Å². The van der Waals surface area contributed by atoms with Crippen LogP contribution in [-0.4, -0.2) is 13.9 Å². The van der Waals surface area contributed by atoms with Crippen LogP contribution in [0.15, 0.2) is 53.0 Å². The van der Waals surface area contributed by atoms with Gasteiger partial charge in [-0.25, -0.2) is 0 Å². The highest BCUT2D eigenvalue weighted by Crippen LogP contribution is 2.27. The summed E-state index contributed by atoms with van der Waals surface area (Å²) in [7, 11) is 1.60. The molecule has 100 valence electrons. The summed E-state index contributed by atoms with van der Waals surface area (Å²) < 4.78 is 16.9. The normalized spacial score (nSPS) is 10.4. The molecular formula is C15H15BrO3. The molecule has 3 nitrogen and oxygen atoms in total. The first-order valence-electron chi connectivity index (χ1n) is 5.87. The number of methoxy groups -OCH3 is 1. The monoisotopic (exact) mass is 322 g/mol. The van der Waals surface area contributed by atoms with Crippen LogP contribution in [0.2, 0.25) is 0 Å². The van der Waals surface area contributed by atoms with E-state index >= 15 is 0 Å². The molecule has 0 saturated carbocycles. The molecule has 0 atom stereocenters. The molecule has 2 rings (SSSR count). The van der Waals surface area contributed by atoms with E-state index in [9.17, 15) is 0 Å². The molecule has 19 heavy (non-hydrogen) atoms. The van der Waals surface area contributed by atoms with Crippen LogP contribution in [0, 0.1) is 0 Å². The molecule has 0 bridgehead atoms. The predicted octanol–water partition coefficient (Wildman–Crippen LogP) is 4.36. The van der Waals surface area contributed by atoms with E-state index in [1.807, 2.05) is 48.5 Å². The molecule has 0 fully saturated rings. The van der Waals surface area contributed by atoms with Crippen molar-refractivity contribution in [2.75, 3.05) is 13.9 Å². The SMILES string of the molecule is COCOCc1ccc(Oc2ccccc2)cc1Br. The van der Waals surface area contributed by atoms with Crippen molar-refractivity contribution in [3.63, 3.8) is 0 Å². The van der Waals surface area contributed by atoms with Gasteiger partial charge in [-0.2, -0.15) is 0 Å². The zero-order valence-electron chi connectivity index (χ0n) is 10.6. The molecule has 0 aliphatic carbocycles. The highest BCUT2D eigenvalue weighted by molar-refractivity contribution is 9.10. The minimum Gasteiger partial charge on any atom is -0.457 e. The highest BCUT2D eigenvalue weighted by Gasteiger charge is 2.03. The van der Waals surface area contributed by atoms with E-state index < -0.39 is 0 Å². The Morgan fingerprint density at radius 2 is 1.79 bits per heavy atom. The molecule has 0 radical (unpaired) electrons. The van der Waals surface area contributed by atoms with Crippen LogP contribution >= 0.6 is 15.9 Å². The Kier molecular flexibility index (Phi) is 5.39. The molecule has 0 aliphatic rings. The smallest absolute Gasteiger partial charge is 0.146 e. The van der Waals surface area contributed by atoms with E-state index in [1.165, 1.54) is 0 Å². The van der Waals surface area contributed by atoms with Gasteiger partial charge in [0.2, 0.25) is 0 Å². The maximum absolute atomic E-state index is 5.74. The van der Waals surface area contributed by atoms with Gasteiger partial charge in [-0.3, -0.25) is 0 Å². The standard InChI is InChI=1S/C15H15BrO3/c1-17-11-18-10-12-7-8-14(9-15(12)16)19-13-5-3-2-4-6-13/h2-9H,10-11H2,1H3. The summed E-state index contributed by atoms with van der Waals surface area (Å²) >= 11 is 3.51. The fourth-order valence-electron chi connectivity index (χ4n) is 1.57. The van der Waals surface area contributed by atoms with Crippen molar-refractivity contribution in [2.24, 2.45) is 0 Å². The maximum Gasteiger partial charge on any atom is 0.146 e. The molecule has 0 saturated heterocycles. The van der Waals surface area contributed by atoms with Gasteiger partial charge in [0.25, 0.3) is 0 Å². The lowest BCUT2D eigenvalue weighted by Gasteiger charge is -2.09. The second-order valence-electron chi connectivity index (χ2n) is 3.92. The first kappa shape index (κ1) is 14.1. The molecule has 0 aromatic heterocycles. The minimum absolute atomic E-state index is 0.286. The molecule has 0 aliphatic heterocycles. The molecule has 4 heteroatoms. The van der Waals surface area contributed by atoms with Crippen molar-refractivity contribution in [3.8, 4) is 11.5 Å². The van der Waals surface area contributed by atoms with Crippen molar-refractivity contribution < 1.29 is 14.2 Å². The van der Waals surface area contributed by atoms with Crippen LogP contribution < -0.4 is 4.74 Å². The third-order valence-corrected chi connectivity index (χ3v) is 3.20. The Bertz CT molecular complexity index is 514. The zero-order valence-corrected chi connectivity index (χ0v) is 12.2. The molecule has 0 spiro atoms. The predicted molar refractivity (Wildman–Crippen MR) is 77.3 cm³/mol. The number of hydrogen-bond acceptors (Lipinski definition) is 3. The topological polar surface area (TPSA) is 27.7 Å². The molecule has 2 aromatic carbocycles. The van der Waals surface area contributed by atoms with Gasteiger partial charge in [0.1, 0.15) is 18.3 Å². The second-order valence-corrected chi connectivity index (χ2v) is 4.78. The summed E-state index contributed by atoms with van der Waals surface area (Å²) in [5, 5.41) is 0. The zero-order chi connectivity index (χ0) is 13.5. The van der Waals surface area contributed by atoms with Crippen LogP contribution in [0.4, 0.5) is 0 Å². The third-order valence-electron chi connectivity index (χ3n) is 2.46.